The molecule has 0 aliphatic rings. The highest BCUT2D eigenvalue weighted by Gasteiger charge is 2.59. The molecule has 0 aromatic heterocycles. The summed E-state index contributed by atoms with van der Waals surface area (Å²) in [4.78, 5) is 20.1. The Hall–Kier alpha value is -1.20. The van der Waals surface area contributed by atoms with Gasteiger partial charge in [0, 0.05) is 0 Å². The van der Waals surface area contributed by atoms with Crippen LogP contribution in [0.4, 0.5) is 0 Å². The first-order valence-electron chi connectivity index (χ1n) is 4.76. The van der Waals surface area contributed by atoms with Gasteiger partial charge in [0.1, 0.15) is 5.92 Å². The highest BCUT2D eigenvalue weighted by Crippen LogP contribution is 2.30. The fourth-order valence-electron chi connectivity index (χ4n) is 1.85. The van der Waals surface area contributed by atoms with Gasteiger partial charge in [-0.1, -0.05) is 20.8 Å². The van der Waals surface area contributed by atoms with E-state index >= 15 is 0 Å². The normalized spacial score (nSPS) is 11.7. The summed E-state index contributed by atoms with van der Waals surface area (Å²) in [7, 11) is 0. The van der Waals surface area contributed by atoms with Crippen molar-refractivity contribution in [3.05, 3.63) is 20.2 Å². The Bertz CT molecular complexity index is 211. The molecule has 0 fully saturated rings. The monoisotopic (exact) mass is 204 g/mol. The lowest BCUT2D eigenvalue weighted by atomic mass is 9.86. The Morgan fingerprint density at radius 2 is 1.43 bits per heavy atom. The third-order valence-electron chi connectivity index (χ3n) is 2.79. The largest absolute Gasteiger partial charge is 0.460 e. The van der Waals surface area contributed by atoms with Crippen molar-refractivity contribution in [1.29, 1.82) is 0 Å². The maximum Gasteiger partial charge on any atom is 0.460 e. The molecule has 0 rings (SSSR count). The lowest BCUT2D eigenvalue weighted by Gasteiger charge is -2.22. The zero-order valence-corrected chi connectivity index (χ0v) is 8.73. The molecular weight excluding hydrogens is 188 g/mol. The molecule has 0 unspecified atom stereocenters. The van der Waals surface area contributed by atoms with Crippen LogP contribution in [0.15, 0.2) is 0 Å². The van der Waals surface area contributed by atoms with Gasteiger partial charge in [-0.05, 0) is 12.8 Å². The van der Waals surface area contributed by atoms with Crippen molar-refractivity contribution < 1.29 is 9.85 Å². The first-order valence-corrected chi connectivity index (χ1v) is 4.76. The maximum atomic E-state index is 10.8. The molecule has 0 aliphatic carbocycles. The summed E-state index contributed by atoms with van der Waals surface area (Å²) in [6.07, 6.45) is 0.831. The molecule has 0 aromatic rings. The second kappa shape index (κ2) is 4.88. The standard InChI is InChI=1S/C8H16N2O4/c1-4-7(5-2)8(6-3,9(11)12)10(13)14/h7H,4-6H2,1-3H3. The van der Waals surface area contributed by atoms with E-state index < -0.39 is 21.4 Å². The van der Waals surface area contributed by atoms with Gasteiger partial charge in [0.2, 0.25) is 0 Å². The van der Waals surface area contributed by atoms with Crippen LogP contribution >= 0.6 is 0 Å². The van der Waals surface area contributed by atoms with Crippen LogP contribution in [0.2, 0.25) is 0 Å². The van der Waals surface area contributed by atoms with Crippen molar-refractivity contribution in [1.82, 2.24) is 0 Å². The van der Waals surface area contributed by atoms with Gasteiger partial charge in [0.05, 0.1) is 16.3 Å². The van der Waals surface area contributed by atoms with Crippen LogP contribution < -0.4 is 0 Å². The van der Waals surface area contributed by atoms with E-state index in [0.29, 0.717) is 12.8 Å². The molecule has 14 heavy (non-hydrogen) atoms. The number of rotatable bonds is 6. The molecule has 0 spiro atoms. The summed E-state index contributed by atoms with van der Waals surface area (Å²) in [6.45, 7) is 4.97. The second-order valence-corrected chi connectivity index (χ2v) is 3.26. The average molecular weight is 204 g/mol. The van der Waals surface area contributed by atoms with Crippen LogP contribution in [-0.2, 0) is 0 Å². The van der Waals surface area contributed by atoms with Crippen molar-refractivity contribution in [3.8, 4) is 0 Å². The minimum atomic E-state index is -2.00. The van der Waals surface area contributed by atoms with E-state index in [1.807, 2.05) is 0 Å². The lowest BCUT2D eigenvalue weighted by Crippen LogP contribution is -2.51. The Morgan fingerprint density at radius 3 is 1.50 bits per heavy atom. The highest BCUT2D eigenvalue weighted by molar-refractivity contribution is 4.74. The molecule has 0 bridgehead atoms. The highest BCUT2D eigenvalue weighted by atomic mass is 16.7. The molecule has 0 radical (unpaired) electrons. The second-order valence-electron chi connectivity index (χ2n) is 3.26. The van der Waals surface area contributed by atoms with E-state index in [1.165, 1.54) is 6.92 Å². The Balaban J connectivity index is 5.22. The first kappa shape index (κ1) is 12.8. The molecule has 0 amide bonds. The van der Waals surface area contributed by atoms with Gasteiger partial charge in [-0.3, -0.25) is 20.2 Å². The molecule has 0 N–H and O–H groups in total. The van der Waals surface area contributed by atoms with Crippen LogP contribution in [0.1, 0.15) is 40.0 Å². The van der Waals surface area contributed by atoms with E-state index in [-0.39, 0.29) is 6.42 Å². The zero-order valence-electron chi connectivity index (χ0n) is 8.73. The predicted molar refractivity (Wildman–Crippen MR) is 51.1 cm³/mol. The van der Waals surface area contributed by atoms with E-state index in [9.17, 15) is 20.2 Å². The Morgan fingerprint density at radius 1 is 1.07 bits per heavy atom. The van der Waals surface area contributed by atoms with Gasteiger partial charge in [-0.25, -0.2) is 0 Å². The van der Waals surface area contributed by atoms with Gasteiger partial charge < -0.3 is 0 Å². The van der Waals surface area contributed by atoms with Crippen LogP contribution in [0.3, 0.4) is 0 Å². The lowest BCUT2D eigenvalue weighted by molar-refractivity contribution is -0.807. The molecule has 0 saturated carbocycles. The topological polar surface area (TPSA) is 86.3 Å². The fraction of sp³-hybridized carbons (Fsp3) is 1.00. The Kier molecular flexibility index (Phi) is 4.46. The maximum absolute atomic E-state index is 10.8. The van der Waals surface area contributed by atoms with Gasteiger partial charge in [-0.2, -0.15) is 0 Å². The molecule has 0 atom stereocenters. The summed E-state index contributed by atoms with van der Waals surface area (Å²) in [5.41, 5.74) is -2.00. The van der Waals surface area contributed by atoms with E-state index in [2.05, 4.69) is 0 Å². The van der Waals surface area contributed by atoms with Gasteiger partial charge >= 0.3 is 5.66 Å². The molecule has 6 nitrogen and oxygen atoms in total. The summed E-state index contributed by atoms with van der Waals surface area (Å²) >= 11 is 0. The minimum absolute atomic E-state index is 0.0701. The molecule has 0 aliphatic heterocycles. The third kappa shape index (κ3) is 1.83. The molecule has 0 aromatic carbocycles. The van der Waals surface area contributed by atoms with Crippen molar-refractivity contribution >= 4 is 0 Å². The van der Waals surface area contributed by atoms with Crippen LogP contribution in [0.25, 0.3) is 0 Å². The van der Waals surface area contributed by atoms with Crippen molar-refractivity contribution in [3.63, 3.8) is 0 Å². The van der Waals surface area contributed by atoms with Crippen LogP contribution in [0.5, 0.6) is 0 Å². The average Bonchev–Trinajstić information content (AvgIpc) is 2.12. The molecular formula is C8H16N2O4. The molecule has 0 saturated heterocycles. The summed E-state index contributed by atoms with van der Waals surface area (Å²) in [6, 6.07) is 0. The summed E-state index contributed by atoms with van der Waals surface area (Å²) in [5, 5.41) is 21.6. The molecule has 6 heteroatoms. The third-order valence-corrected chi connectivity index (χ3v) is 2.79. The van der Waals surface area contributed by atoms with E-state index in [1.54, 1.807) is 13.8 Å². The smallest absolute Gasteiger partial charge is 0.258 e. The van der Waals surface area contributed by atoms with E-state index in [0.717, 1.165) is 0 Å². The number of nitrogens with zero attached hydrogens (tertiary/aromatic N) is 2. The van der Waals surface area contributed by atoms with Gasteiger partial charge in [-0.15, -0.1) is 0 Å². The van der Waals surface area contributed by atoms with Crippen molar-refractivity contribution in [2.24, 2.45) is 5.92 Å². The van der Waals surface area contributed by atoms with E-state index in [4.69, 9.17) is 0 Å². The molecule has 82 valence electrons. The molecule has 0 heterocycles. The summed E-state index contributed by atoms with van der Waals surface area (Å²) < 4.78 is 0. The number of nitro groups is 2. The minimum Gasteiger partial charge on any atom is -0.258 e. The summed E-state index contributed by atoms with van der Waals surface area (Å²) in [5.74, 6) is -0.502. The van der Waals surface area contributed by atoms with Crippen molar-refractivity contribution in [2.75, 3.05) is 0 Å². The van der Waals surface area contributed by atoms with Crippen molar-refractivity contribution in [2.45, 2.75) is 45.7 Å². The van der Waals surface area contributed by atoms with Crippen LogP contribution in [0, 0.1) is 26.1 Å². The van der Waals surface area contributed by atoms with Gasteiger partial charge in [0.25, 0.3) is 0 Å². The zero-order chi connectivity index (χ0) is 11.4. The predicted octanol–water partition coefficient (Wildman–Crippen LogP) is 2.08. The fourth-order valence-corrected chi connectivity index (χ4v) is 1.85. The Labute approximate surface area is 82.6 Å². The first-order chi connectivity index (χ1) is 6.47. The van der Waals surface area contributed by atoms with Gasteiger partial charge in [0.15, 0.2) is 0 Å². The SMILES string of the molecule is CCC(CC)C(CC)([N+](=O)[O-])[N+](=O)[O-]. The number of hydrogen-bond donors (Lipinski definition) is 0. The quantitative estimate of drug-likeness (QED) is 0.376. The van der Waals surface area contributed by atoms with Crippen LogP contribution in [-0.4, -0.2) is 15.5 Å². The number of hydrogen-bond acceptors (Lipinski definition) is 4.